The van der Waals surface area contributed by atoms with Crippen molar-refractivity contribution >= 4 is 11.7 Å². The molecule has 0 aliphatic rings. The molecule has 0 saturated carbocycles. The molecule has 0 aliphatic carbocycles. The van der Waals surface area contributed by atoms with Crippen LogP contribution in [0, 0.1) is 0 Å². The van der Waals surface area contributed by atoms with Crippen molar-refractivity contribution in [3.05, 3.63) is 35.9 Å². The Morgan fingerprint density at radius 3 is 2.50 bits per heavy atom. The summed E-state index contributed by atoms with van der Waals surface area (Å²) in [4.78, 5) is 10.6. The van der Waals surface area contributed by atoms with Gasteiger partial charge in [-0.1, -0.05) is 30.3 Å². The fraction of sp³-hybridized carbons (Fsp3) is 0.385. The second-order valence-corrected chi connectivity index (χ2v) is 4.58. The zero-order valence-electron chi connectivity index (χ0n) is 10.7. The number of benzene rings is 1. The summed E-state index contributed by atoms with van der Waals surface area (Å²) in [6.07, 6.45) is 1.29. The molecule has 0 aromatic heterocycles. The Labute approximate surface area is 107 Å². The Morgan fingerprint density at radius 1 is 1.39 bits per heavy atom. The lowest BCUT2D eigenvalue weighted by Crippen LogP contribution is -2.35. The highest BCUT2D eigenvalue weighted by Gasteiger charge is 2.21. The summed E-state index contributed by atoms with van der Waals surface area (Å²) in [5, 5.41) is 13.8. The van der Waals surface area contributed by atoms with Gasteiger partial charge in [0.15, 0.2) is 0 Å². The average Bonchev–Trinajstić information content (AvgIpc) is 2.28. The number of nitrogens with zero attached hydrogens (tertiary/aromatic N) is 1. The van der Waals surface area contributed by atoms with Gasteiger partial charge in [-0.05, 0) is 32.3 Å². The SMILES string of the molecule is CC(C)(O)C(CCc1ccccc1)=NNC(N)=O. The van der Waals surface area contributed by atoms with Gasteiger partial charge >= 0.3 is 6.03 Å². The predicted octanol–water partition coefficient (Wildman–Crippen LogP) is 1.41. The first kappa shape index (κ1) is 14.2. The van der Waals surface area contributed by atoms with Gasteiger partial charge in [0.1, 0.15) is 0 Å². The van der Waals surface area contributed by atoms with E-state index in [4.69, 9.17) is 5.73 Å². The lowest BCUT2D eigenvalue weighted by Gasteiger charge is -2.20. The molecule has 0 fully saturated rings. The fourth-order valence-electron chi connectivity index (χ4n) is 1.53. The van der Waals surface area contributed by atoms with Gasteiger partial charge in [0.25, 0.3) is 0 Å². The Hall–Kier alpha value is -1.88. The van der Waals surface area contributed by atoms with Gasteiger partial charge in [0.2, 0.25) is 0 Å². The monoisotopic (exact) mass is 249 g/mol. The minimum Gasteiger partial charge on any atom is -0.384 e. The Morgan fingerprint density at radius 2 is 2.00 bits per heavy atom. The van der Waals surface area contributed by atoms with Gasteiger partial charge in [0, 0.05) is 0 Å². The van der Waals surface area contributed by atoms with E-state index < -0.39 is 11.6 Å². The Balaban J connectivity index is 2.68. The molecule has 0 radical (unpaired) electrons. The van der Waals surface area contributed by atoms with Crippen molar-refractivity contribution in [1.29, 1.82) is 0 Å². The van der Waals surface area contributed by atoms with Crippen molar-refractivity contribution in [1.82, 2.24) is 5.43 Å². The number of urea groups is 1. The number of primary amides is 1. The van der Waals surface area contributed by atoms with E-state index in [0.29, 0.717) is 12.1 Å². The van der Waals surface area contributed by atoms with Gasteiger partial charge in [-0.3, -0.25) is 0 Å². The van der Waals surface area contributed by atoms with Crippen molar-refractivity contribution < 1.29 is 9.90 Å². The zero-order chi connectivity index (χ0) is 13.6. The quantitative estimate of drug-likeness (QED) is 0.544. The number of hydrazone groups is 1. The summed E-state index contributed by atoms with van der Waals surface area (Å²) in [5.74, 6) is 0. The normalized spacial score (nSPS) is 12.3. The molecule has 1 aromatic carbocycles. The maximum atomic E-state index is 10.6. The predicted molar refractivity (Wildman–Crippen MR) is 71.2 cm³/mol. The molecule has 1 aromatic rings. The minimum absolute atomic E-state index is 0.491. The third-order valence-electron chi connectivity index (χ3n) is 2.50. The number of hydrogen-bond donors (Lipinski definition) is 3. The van der Waals surface area contributed by atoms with Crippen LogP contribution in [0.15, 0.2) is 35.4 Å². The second-order valence-electron chi connectivity index (χ2n) is 4.58. The van der Waals surface area contributed by atoms with Crippen molar-refractivity contribution in [2.75, 3.05) is 0 Å². The van der Waals surface area contributed by atoms with Crippen LogP contribution in [0.2, 0.25) is 0 Å². The van der Waals surface area contributed by atoms with Crippen molar-refractivity contribution in [2.24, 2.45) is 10.8 Å². The number of amides is 2. The Bertz CT molecular complexity index is 422. The number of nitrogens with one attached hydrogen (secondary N) is 1. The molecule has 0 saturated heterocycles. The molecule has 0 unspecified atom stereocenters. The van der Waals surface area contributed by atoms with Gasteiger partial charge in [-0.15, -0.1) is 0 Å². The summed E-state index contributed by atoms with van der Waals surface area (Å²) in [5.41, 5.74) is 7.66. The van der Waals surface area contributed by atoms with Crippen LogP contribution in [0.1, 0.15) is 25.8 Å². The van der Waals surface area contributed by atoms with Gasteiger partial charge in [0.05, 0.1) is 11.3 Å². The Kier molecular flexibility index (Phi) is 4.85. The third kappa shape index (κ3) is 4.97. The van der Waals surface area contributed by atoms with Crippen LogP contribution >= 0.6 is 0 Å². The fourth-order valence-corrected chi connectivity index (χ4v) is 1.53. The molecule has 5 nitrogen and oxygen atoms in total. The van der Waals surface area contributed by atoms with Gasteiger partial charge in [-0.2, -0.15) is 5.10 Å². The standard InChI is InChI=1S/C13H19N3O2/c1-13(2,18)11(15-16-12(14)17)9-8-10-6-4-3-5-7-10/h3-7,18H,8-9H2,1-2H3,(H3,14,16,17). The number of rotatable bonds is 5. The highest BCUT2D eigenvalue weighted by molar-refractivity contribution is 5.92. The summed E-state index contributed by atoms with van der Waals surface area (Å²) < 4.78 is 0. The summed E-state index contributed by atoms with van der Waals surface area (Å²) >= 11 is 0. The van der Waals surface area contributed by atoms with E-state index in [9.17, 15) is 9.90 Å². The molecule has 2 amide bonds. The molecule has 0 heterocycles. The summed E-state index contributed by atoms with van der Waals surface area (Å²) in [7, 11) is 0. The molecule has 5 heteroatoms. The van der Waals surface area contributed by atoms with E-state index in [0.717, 1.165) is 12.0 Å². The van der Waals surface area contributed by atoms with Crippen LogP contribution < -0.4 is 11.2 Å². The van der Waals surface area contributed by atoms with Crippen LogP contribution in [-0.4, -0.2) is 22.5 Å². The van der Waals surface area contributed by atoms with Crippen LogP contribution in [0.5, 0.6) is 0 Å². The number of carbonyl (C=O) groups excluding carboxylic acids is 1. The first-order valence-corrected chi connectivity index (χ1v) is 5.78. The van der Waals surface area contributed by atoms with E-state index in [2.05, 4.69) is 10.5 Å². The molecule has 98 valence electrons. The molecule has 18 heavy (non-hydrogen) atoms. The van der Waals surface area contributed by atoms with Crippen LogP contribution in [0.3, 0.4) is 0 Å². The summed E-state index contributed by atoms with van der Waals surface area (Å²) in [6, 6.07) is 9.13. The smallest absolute Gasteiger partial charge is 0.332 e. The molecule has 0 bridgehead atoms. The highest BCUT2D eigenvalue weighted by atomic mass is 16.3. The maximum absolute atomic E-state index is 10.6. The van der Waals surface area contributed by atoms with Gasteiger partial charge < -0.3 is 10.8 Å². The number of aryl methyl sites for hydroxylation is 1. The number of aliphatic hydroxyl groups is 1. The zero-order valence-corrected chi connectivity index (χ0v) is 10.7. The van der Waals surface area contributed by atoms with Crippen LogP contribution in [0.4, 0.5) is 4.79 Å². The third-order valence-corrected chi connectivity index (χ3v) is 2.50. The van der Waals surface area contributed by atoms with Crippen molar-refractivity contribution in [3.63, 3.8) is 0 Å². The number of carbonyl (C=O) groups is 1. The molecule has 0 aliphatic heterocycles. The number of nitrogens with two attached hydrogens (primary N) is 1. The lowest BCUT2D eigenvalue weighted by atomic mass is 9.96. The van der Waals surface area contributed by atoms with Gasteiger partial charge in [-0.25, -0.2) is 10.2 Å². The first-order chi connectivity index (χ1) is 8.39. The van der Waals surface area contributed by atoms with E-state index >= 15 is 0 Å². The topological polar surface area (TPSA) is 87.7 Å². The highest BCUT2D eigenvalue weighted by Crippen LogP contribution is 2.11. The first-order valence-electron chi connectivity index (χ1n) is 5.78. The van der Waals surface area contributed by atoms with E-state index in [1.807, 2.05) is 30.3 Å². The largest absolute Gasteiger partial charge is 0.384 e. The van der Waals surface area contributed by atoms with Crippen molar-refractivity contribution in [3.8, 4) is 0 Å². The van der Waals surface area contributed by atoms with E-state index in [-0.39, 0.29) is 0 Å². The minimum atomic E-state index is -1.09. The molecule has 0 spiro atoms. The molecule has 1 rings (SSSR count). The molecule has 4 N–H and O–H groups in total. The average molecular weight is 249 g/mol. The van der Waals surface area contributed by atoms with Crippen molar-refractivity contribution in [2.45, 2.75) is 32.3 Å². The summed E-state index contributed by atoms with van der Waals surface area (Å²) in [6.45, 7) is 3.25. The maximum Gasteiger partial charge on any atom is 0.332 e. The molecule has 0 atom stereocenters. The van der Waals surface area contributed by atoms with E-state index in [1.54, 1.807) is 13.8 Å². The second kappa shape index (κ2) is 6.16. The lowest BCUT2D eigenvalue weighted by molar-refractivity contribution is 0.150. The number of hydrogen-bond acceptors (Lipinski definition) is 3. The van der Waals surface area contributed by atoms with Crippen LogP contribution in [0.25, 0.3) is 0 Å². The van der Waals surface area contributed by atoms with Crippen LogP contribution in [-0.2, 0) is 6.42 Å². The molecular formula is C13H19N3O2. The molecular weight excluding hydrogens is 230 g/mol. The van der Waals surface area contributed by atoms with E-state index in [1.165, 1.54) is 0 Å².